The molecule has 4 N–H and O–H groups in total. The number of likely N-dealkylation sites (tertiary alicyclic amines) is 2. The second kappa shape index (κ2) is 14.3. The van der Waals surface area contributed by atoms with Crippen molar-refractivity contribution in [2.24, 2.45) is 0 Å². The van der Waals surface area contributed by atoms with Crippen molar-refractivity contribution in [3.8, 4) is 0 Å². The van der Waals surface area contributed by atoms with E-state index in [1.165, 1.54) is 11.1 Å². The van der Waals surface area contributed by atoms with Crippen LogP contribution in [0.1, 0.15) is 48.2 Å². The minimum Gasteiger partial charge on any atom is -0.335 e. The summed E-state index contributed by atoms with van der Waals surface area (Å²) in [5.41, 5.74) is 5.21. The minimum absolute atomic E-state index is 0.123. The number of hydrogen-bond acceptors (Lipinski definition) is 5. The Morgan fingerprint density at radius 1 is 0.667 bits per heavy atom. The highest BCUT2D eigenvalue weighted by Crippen LogP contribution is 2.23. The van der Waals surface area contributed by atoms with Crippen molar-refractivity contribution in [1.29, 1.82) is 0 Å². The van der Waals surface area contributed by atoms with Crippen LogP contribution in [0.25, 0.3) is 0 Å². The Balaban J connectivity index is 1.06. The van der Waals surface area contributed by atoms with E-state index in [2.05, 4.69) is 84.6 Å². The zero-order chi connectivity index (χ0) is 29.3. The number of aromatic nitrogens is 1. The summed E-state index contributed by atoms with van der Waals surface area (Å²) in [4.78, 5) is 35.2. The normalized spacial score (nSPS) is 17.0. The molecule has 1 aromatic heterocycles. The second-order valence-corrected chi connectivity index (χ2v) is 11.5. The van der Waals surface area contributed by atoms with Crippen molar-refractivity contribution >= 4 is 23.4 Å². The highest BCUT2D eigenvalue weighted by Gasteiger charge is 2.23. The van der Waals surface area contributed by atoms with E-state index >= 15 is 0 Å². The number of rotatable bonds is 8. The van der Waals surface area contributed by atoms with Crippen LogP contribution in [0.3, 0.4) is 0 Å². The molecule has 4 amide bonds. The molecule has 0 aliphatic carbocycles. The van der Waals surface area contributed by atoms with Gasteiger partial charge in [0, 0.05) is 51.4 Å². The van der Waals surface area contributed by atoms with Crippen LogP contribution in [0.5, 0.6) is 0 Å². The van der Waals surface area contributed by atoms with Crippen molar-refractivity contribution < 1.29 is 9.59 Å². The Labute approximate surface area is 249 Å². The molecular formula is C33H43N7O2. The first kappa shape index (κ1) is 29.5. The number of nitrogens with one attached hydrogen (secondary N) is 4. The van der Waals surface area contributed by atoms with Crippen LogP contribution in [-0.4, -0.2) is 65.1 Å². The predicted molar refractivity (Wildman–Crippen MR) is 168 cm³/mol. The molecule has 3 heterocycles. The summed E-state index contributed by atoms with van der Waals surface area (Å²) in [6, 6.07) is 22.5. The predicted octanol–water partition coefficient (Wildman–Crippen LogP) is 5.27. The van der Waals surface area contributed by atoms with Crippen molar-refractivity contribution in [1.82, 2.24) is 25.4 Å². The lowest BCUT2D eigenvalue weighted by atomic mass is 10.0. The maximum atomic E-state index is 12.9. The Morgan fingerprint density at radius 3 is 1.43 bits per heavy atom. The summed E-state index contributed by atoms with van der Waals surface area (Å²) >= 11 is 0. The lowest BCUT2D eigenvalue weighted by Gasteiger charge is -2.32. The molecular weight excluding hydrogens is 526 g/mol. The van der Waals surface area contributed by atoms with E-state index in [1.807, 2.05) is 26.0 Å². The number of pyridine rings is 1. The Morgan fingerprint density at radius 2 is 1.05 bits per heavy atom. The van der Waals surface area contributed by atoms with E-state index in [-0.39, 0.29) is 24.1 Å². The van der Waals surface area contributed by atoms with Crippen molar-refractivity contribution in [3.63, 3.8) is 0 Å². The monoisotopic (exact) mass is 569 g/mol. The minimum atomic E-state index is -0.247. The average molecular weight is 570 g/mol. The zero-order valence-corrected chi connectivity index (χ0v) is 24.7. The Kier molecular flexibility index (Phi) is 10.0. The summed E-state index contributed by atoms with van der Waals surface area (Å²) < 4.78 is 0. The van der Waals surface area contributed by atoms with Gasteiger partial charge in [0.1, 0.15) is 0 Å². The number of aryl methyl sites for hydroxylation is 2. The number of carbonyl (C=O) groups excluding carboxylic acids is 2. The molecule has 2 aromatic carbocycles. The van der Waals surface area contributed by atoms with Crippen molar-refractivity contribution in [3.05, 3.63) is 89.2 Å². The first-order chi connectivity index (χ1) is 20.4. The fourth-order valence-corrected chi connectivity index (χ4v) is 5.82. The van der Waals surface area contributed by atoms with Crippen LogP contribution >= 0.6 is 0 Å². The molecule has 42 heavy (non-hydrogen) atoms. The molecule has 2 aliphatic rings. The maximum absolute atomic E-state index is 12.9. The van der Waals surface area contributed by atoms with E-state index in [0.29, 0.717) is 22.8 Å². The fourth-order valence-electron chi connectivity index (χ4n) is 5.82. The van der Waals surface area contributed by atoms with Gasteiger partial charge in [0.25, 0.3) is 0 Å². The zero-order valence-electron chi connectivity index (χ0n) is 24.7. The number of hydrogen-bond donors (Lipinski definition) is 4. The van der Waals surface area contributed by atoms with E-state index in [9.17, 15) is 9.59 Å². The summed E-state index contributed by atoms with van der Waals surface area (Å²) in [7, 11) is 0. The molecule has 2 aliphatic heterocycles. The molecule has 222 valence electrons. The number of piperidine rings is 2. The van der Waals surface area contributed by atoms with Crippen LogP contribution in [0, 0.1) is 13.8 Å². The number of carbonyl (C=O) groups is 2. The summed E-state index contributed by atoms with van der Waals surface area (Å²) in [5.74, 6) is 0. The van der Waals surface area contributed by atoms with Gasteiger partial charge >= 0.3 is 12.1 Å². The van der Waals surface area contributed by atoms with Gasteiger partial charge in [-0.3, -0.25) is 14.8 Å². The van der Waals surface area contributed by atoms with Gasteiger partial charge in [-0.05, 0) is 56.7 Å². The number of anilines is 2. The van der Waals surface area contributed by atoms with E-state index in [4.69, 9.17) is 0 Å². The molecule has 3 aromatic rings. The van der Waals surface area contributed by atoms with Crippen LogP contribution in [0.2, 0.25) is 0 Å². The third-order valence-corrected chi connectivity index (χ3v) is 8.24. The van der Waals surface area contributed by atoms with Crippen LogP contribution in [0.4, 0.5) is 21.0 Å². The van der Waals surface area contributed by atoms with Crippen LogP contribution in [0.15, 0.2) is 66.7 Å². The third-order valence-electron chi connectivity index (χ3n) is 8.24. The standard InChI is InChI=1S/C33H43N7O2/c1-24-30(37-32(41)35-28-13-17-39(18-14-28)22-26-9-5-3-6-10-26)21-31(25(2)34-24)38-33(42)36-29-15-19-40(20-16-29)23-27-11-7-4-8-12-27/h3-12,21,28-29H,13-20,22-23H2,1-2H3,(H2,35,37,41)(H2,36,38,42). The molecule has 0 bridgehead atoms. The molecule has 2 fully saturated rings. The van der Waals surface area contributed by atoms with Crippen molar-refractivity contribution in [2.75, 3.05) is 36.8 Å². The fraction of sp³-hybridized carbons (Fsp3) is 0.424. The second-order valence-electron chi connectivity index (χ2n) is 11.5. The van der Waals surface area contributed by atoms with Gasteiger partial charge in [0.05, 0.1) is 22.8 Å². The van der Waals surface area contributed by atoms with Gasteiger partial charge in [-0.2, -0.15) is 0 Å². The lowest BCUT2D eigenvalue weighted by Crippen LogP contribution is -2.46. The molecule has 0 spiro atoms. The number of nitrogens with zero attached hydrogens (tertiary/aromatic N) is 3. The van der Waals surface area contributed by atoms with Gasteiger partial charge in [0.2, 0.25) is 0 Å². The largest absolute Gasteiger partial charge is 0.335 e. The maximum Gasteiger partial charge on any atom is 0.319 e. The average Bonchev–Trinajstić information content (AvgIpc) is 2.99. The van der Waals surface area contributed by atoms with E-state index in [1.54, 1.807) is 6.07 Å². The Hall–Kier alpha value is -3.95. The van der Waals surface area contributed by atoms with Gasteiger partial charge < -0.3 is 21.3 Å². The number of urea groups is 2. The summed E-state index contributed by atoms with van der Waals surface area (Å²) in [5, 5.41) is 12.1. The van der Waals surface area contributed by atoms with Gasteiger partial charge in [-0.25, -0.2) is 9.59 Å². The summed E-state index contributed by atoms with van der Waals surface area (Å²) in [6.45, 7) is 9.37. The van der Waals surface area contributed by atoms with Crippen LogP contribution < -0.4 is 21.3 Å². The third kappa shape index (κ3) is 8.53. The lowest BCUT2D eigenvalue weighted by molar-refractivity contribution is 0.189. The molecule has 0 atom stereocenters. The first-order valence-corrected chi connectivity index (χ1v) is 15.1. The first-order valence-electron chi connectivity index (χ1n) is 15.1. The Bertz CT molecular complexity index is 1220. The highest BCUT2D eigenvalue weighted by molar-refractivity contribution is 5.93. The molecule has 0 unspecified atom stereocenters. The molecule has 2 saturated heterocycles. The summed E-state index contributed by atoms with van der Waals surface area (Å²) in [6.07, 6.45) is 3.63. The quantitative estimate of drug-likeness (QED) is 0.296. The topological polar surface area (TPSA) is 102 Å². The van der Waals surface area contributed by atoms with Gasteiger partial charge in [-0.15, -0.1) is 0 Å². The van der Waals surface area contributed by atoms with E-state index in [0.717, 1.165) is 65.0 Å². The molecule has 5 rings (SSSR count). The SMILES string of the molecule is Cc1nc(C)c(NC(=O)NC2CCN(Cc3ccccc3)CC2)cc1NC(=O)NC1CCN(Cc2ccccc2)CC1. The molecule has 9 heteroatoms. The van der Waals surface area contributed by atoms with Crippen LogP contribution in [-0.2, 0) is 13.1 Å². The molecule has 0 saturated carbocycles. The smallest absolute Gasteiger partial charge is 0.319 e. The highest BCUT2D eigenvalue weighted by atomic mass is 16.2. The molecule has 9 nitrogen and oxygen atoms in total. The van der Waals surface area contributed by atoms with Gasteiger partial charge in [-0.1, -0.05) is 60.7 Å². The van der Waals surface area contributed by atoms with Crippen molar-refractivity contribution in [2.45, 2.75) is 64.7 Å². The molecule has 0 radical (unpaired) electrons. The number of amides is 4. The number of benzene rings is 2. The van der Waals surface area contributed by atoms with E-state index < -0.39 is 0 Å². The van der Waals surface area contributed by atoms with Gasteiger partial charge in [0.15, 0.2) is 0 Å².